The number of hydrogen-bond acceptors (Lipinski definition) is 4. The van der Waals surface area contributed by atoms with E-state index < -0.39 is 10.0 Å². The quantitative estimate of drug-likeness (QED) is 0.803. The number of hydrogen-bond donors (Lipinski definition) is 1. The Morgan fingerprint density at radius 2 is 1.68 bits per heavy atom. The first-order chi connectivity index (χ1) is 13.4. The molecule has 1 fully saturated rings. The summed E-state index contributed by atoms with van der Waals surface area (Å²) in [6.07, 6.45) is 0. The number of sulfonamides is 1. The summed E-state index contributed by atoms with van der Waals surface area (Å²) in [7, 11) is -3.51. The van der Waals surface area contributed by atoms with Crippen molar-refractivity contribution in [1.82, 2.24) is 14.5 Å². The number of nitrogens with zero attached hydrogens (tertiary/aromatic N) is 2. The first-order valence-electron chi connectivity index (χ1n) is 9.46. The summed E-state index contributed by atoms with van der Waals surface area (Å²) in [5, 5.41) is 2.91. The normalized spacial score (nSPS) is 16.1. The largest absolute Gasteiger partial charge is 0.351 e. The van der Waals surface area contributed by atoms with Crippen LogP contribution in [0.5, 0.6) is 0 Å². The standard InChI is InChI=1S/C21H27N3O3S/c1-17-8-9-18(2)20(14-17)28(26,27)24-12-10-23(11-13-24)16-21(25)22-15-19-6-4-3-5-7-19/h3-9,14H,10-13,15-16H2,1-2H3,(H,22,25). The summed E-state index contributed by atoms with van der Waals surface area (Å²) in [6, 6.07) is 15.3. The van der Waals surface area contributed by atoms with Crippen LogP contribution in [0.3, 0.4) is 0 Å². The lowest BCUT2D eigenvalue weighted by molar-refractivity contribution is -0.122. The van der Waals surface area contributed by atoms with Crippen LogP contribution in [-0.2, 0) is 21.4 Å². The average Bonchev–Trinajstić information content (AvgIpc) is 2.69. The molecule has 1 aliphatic rings. The minimum absolute atomic E-state index is 0.0466. The third kappa shape index (κ3) is 4.98. The van der Waals surface area contributed by atoms with Gasteiger partial charge >= 0.3 is 0 Å². The lowest BCUT2D eigenvalue weighted by Gasteiger charge is -2.33. The number of rotatable bonds is 6. The summed E-state index contributed by atoms with van der Waals surface area (Å²) >= 11 is 0. The molecule has 0 aliphatic carbocycles. The van der Waals surface area contributed by atoms with Gasteiger partial charge < -0.3 is 5.32 Å². The maximum atomic E-state index is 13.0. The van der Waals surface area contributed by atoms with E-state index in [2.05, 4.69) is 5.32 Å². The average molecular weight is 402 g/mol. The molecule has 2 aromatic carbocycles. The highest BCUT2D eigenvalue weighted by Gasteiger charge is 2.30. The summed E-state index contributed by atoms with van der Waals surface area (Å²) < 4.78 is 27.5. The fourth-order valence-electron chi connectivity index (χ4n) is 3.31. The van der Waals surface area contributed by atoms with E-state index in [9.17, 15) is 13.2 Å². The van der Waals surface area contributed by atoms with Crippen molar-refractivity contribution in [1.29, 1.82) is 0 Å². The van der Waals surface area contributed by atoms with Gasteiger partial charge in [-0.05, 0) is 36.6 Å². The summed E-state index contributed by atoms with van der Waals surface area (Å²) in [4.78, 5) is 14.6. The van der Waals surface area contributed by atoms with Crippen LogP contribution in [0, 0.1) is 13.8 Å². The minimum Gasteiger partial charge on any atom is -0.351 e. The SMILES string of the molecule is Cc1ccc(C)c(S(=O)(=O)N2CCN(CC(=O)NCc3ccccc3)CC2)c1. The molecule has 1 amide bonds. The summed E-state index contributed by atoms with van der Waals surface area (Å²) in [5.41, 5.74) is 2.74. The molecule has 6 nitrogen and oxygen atoms in total. The topological polar surface area (TPSA) is 69.7 Å². The maximum absolute atomic E-state index is 13.0. The molecule has 0 atom stereocenters. The van der Waals surface area contributed by atoms with Gasteiger partial charge in [-0.15, -0.1) is 0 Å². The Bertz CT molecular complexity index is 921. The van der Waals surface area contributed by atoms with Crippen molar-refractivity contribution in [3.8, 4) is 0 Å². The maximum Gasteiger partial charge on any atom is 0.243 e. The van der Waals surface area contributed by atoms with E-state index in [0.717, 1.165) is 16.7 Å². The van der Waals surface area contributed by atoms with Gasteiger partial charge in [-0.3, -0.25) is 9.69 Å². The number of carbonyl (C=O) groups excluding carboxylic acids is 1. The van der Waals surface area contributed by atoms with Crippen molar-refractivity contribution < 1.29 is 13.2 Å². The highest BCUT2D eigenvalue weighted by Crippen LogP contribution is 2.22. The molecule has 0 saturated carbocycles. The number of nitrogens with one attached hydrogen (secondary N) is 1. The Morgan fingerprint density at radius 1 is 1.00 bits per heavy atom. The molecule has 1 heterocycles. The van der Waals surface area contributed by atoms with Crippen LogP contribution in [0.1, 0.15) is 16.7 Å². The van der Waals surface area contributed by atoms with Crippen LogP contribution in [0.2, 0.25) is 0 Å². The fraction of sp³-hybridized carbons (Fsp3) is 0.381. The van der Waals surface area contributed by atoms with Gasteiger partial charge in [0.1, 0.15) is 0 Å². The van der Waals surface area contributed by atoms with Gasteiger partial charge in [0.25, 0.3) is 0 Å². The van der Waals surface area contributed by atoms with Crippen molar-refractivity contribution in [2.45, 2.75) is 25.3 Å². The van der Waals surface area contributed by atoms with Crippen molar-refractivity contribution in [3.05, 3.63) is 65.2 Å². The molecule has 0 bridgehead atoms. The monoisotopic (exact) mass is 401 g/mol. The van der Waals surface area contributed by atoms with Gasteiger partial charge in [-0.25, -0.2) is 8.42 Å². The lowest BCUT2D eigenvalue weighted by Crippen LogP contribution is -2.51. The second kappa shape index (κ2) is 8.86. The predicted octanol–water partition coefficient (Wildman–Crippen LogP) is 1.93. The van der Waals surface area contributed by atoms with E-state index in [1.807, 2.05) is 61.2 Å². The number of carbonyl (C=O) groups is 1. The molecule has 28 heavy (non-hydrogen) atoms. The number of piperazine rings is 1. The predicted molar refractivity (Wildman–Crippen MR) is 109 cm³/mol. The van der Waals surface area contributed by atoms with Crippen LogP contribution < -0.4 is 5.32 Å². The molecular weight excluding hydrogens is 374 g/mol. The number of aryl methyl sites for hydroxylation is 2. The second-order valence-electron chi connectivity index (χ2n) is 7.21. The molecule has 3 rings (SSSR count). The molecule has 1 N–H and O–H groups in total. The van der Waals surface area contributed by atoms with Crippen molar-refractivity contribution in [2.75, 3.05) is 32.7 Å². The van der Waals surface area contributed by atoms with Crippen LogP contribution in [-0.4, -0.2) is 56.3 Å². The Kier molecular flexibility index (Phi) is 6.49. The highest BCUT2D eigenvalue weighted by atomic mass is 32.2. The minimum atomic E-state index is -3.51. The first kappa shape index (κ1) is 20.5. The zero-order chi connectivity index (χ0) is 20.1. The molecule has 1 saturated heterocycles. The third-order valence-corrected chi connectivity index (χ3v) is 7.03. The number of amides is 1. The Hall–Kier alpha value is -2.22. The molecule has 7 heteroatoms. The Balaban J connectivity index is 1.52. The van der Waals surface area contributed by atoms with Crippen LogP contribution in [0.4, 0.5) is 0 Å². The molecule has 0 unspecified atom stereocenters. The lowest BCUT2D eigenvalue weighted by atomic mass is 10.2. The molecule has 150 valence electrons. The molecule has 0 spiro atoms. The van der Waals surface area contributed by atoms with Gasteiger partial charge in [-0.1, -0.05) is 42.5 Å². The van der Waals surface area contributed by atoms with Crippen LogP contribution in [0.25, 0.3) is 0 Å². The zero-order valence-corrected chi connectivity index (χ0v) is 17.2. The second-order valence-corrected chi connectivity index (χ2v) is 9.12. The summed E-state index contributed by atoms with van der Waals surface area (Å²) in [6.45, 7) is 6.37. The highest BCUT2D eigenvalue weighted by molar-refractivity contribution is 7.89. The van der Waals surface area contributed by atoms with Gasteiger partial charge in [0.2, 0.25) is 15.9 Å². The van der Waals surface area contributed by atoms with E-state index >= 15 is 0 Å². The molecule has 2 aromatic rings. The smallest absolute Gasteiger partial charge is 0.243 e. The van der Waals surface area contributed by atoms with Gasteiger partial charge in [0, 0.05) is 32.7 Å². The van der Waals surface area contributed by atoms with Crippen molar-refractivity contribution >= 4 is 15.9 Å². The summed E-state index contributed by atoms with van der Waals surface area (Å²) in [5.74, 6) is -0.0466. The Morgan fingerprint density at radius 3 is 2.36 bits per heavy atom. The molecular formula is C21H27N3O3S. The number of benzene rings is 2. The van der Waals surface area contributed by atoms with E-state index in [0.29, 0.717) is 37.6 Å². The van der Waals surface area contributed by atoms with Gasteiger partial charge in [-0.2, -0.15) is 4.31 Å². The van der Waals surface area contributed by atoms with E-state index in [-0.39, 0.29) is 12.5 Å². The van der Waals surface area contributed by atoms with E-state index in [1.54, 1.807) is 6.07 Å². The molecule has 0 aromatic heterocycles. The zero-order valence-electron chi connectivity index (χ0n) is 16.4. The van der Waals surface area contributed by atoms with E-state index in [1.165, 1.54) is 4.31 Å². The molecule has 0 radical (unpaired) electrons. The van der Waals surface area contributed by atoms with Crippen molar-refractivity contribution in [2.24, 2.45) is 0 Å². The van der Waals surface area contributed by atoms with Gasteiger partial charge in [0.15, 0.2) is 0 Å². The van der Waals surface area contributed by atoms with Gasteiger partial charge in [0.05, 0.1) is 11.4 Å². The van der Waals surface area contributed by atoms with Crippen LogP contribution in [0.15, 0.2) is 53.4 Å². The van der Waals surface area contributed by atoms with Crippen LogP contribution >= 0.6 is 0 Å². The molecule has 1 aliphatic heterocycles. The van der Waals surface area contributed by atoms with E-state index in [4.69, 9.17) is 0 Å². The first-order valence-corrected chi connectivity index (χ1v) is 10.9. The Labute approximate surface area is 167 Å². The third-order valence-electron chi connectivity index (χ3n) is 4.99. The van der Waals surface area contributed by atoms with Crippen molar-refractivity contribution in [3.63, 3.8) is 0 Å². The fourth-order valence-corrected chi connectivity index (χ4v) is 5.04.